The van der Waals surface area contributed by atoms with Gasteiger partial charge in [0.15, 0.2) is 11.3 Å². The number of hydrogen-bond donors (Lipinski definition) is 3. The maximum absolute atomic E-state index is 13.3. The second-order valence-corrected chi connectivity index (χ2v) is 8.51. The van der Waals surface area contributed by atoms with Crippen LogP contribution in [0, 0.1) is 0 Å². The lowest BCUT2D eigenvalue weighted by Gasteiger charge is -2.29. The van der Waals surface area contributed by atoms with Crippen LogP contribution in [-0.4, -0.2) is 33.3 Å². The van der Waals surface area contributed by atoms with E-state index < -0.39 is 11.5 Å². The number of phenols is 1. The molecule has 7 nitrogen and oxygen atoms in total. The molecule has 0 fully saturated rings. The number of phenolic OH excluding ortho intramolecular Hbond substituents is 1. The smallest absolute Gasteiger partial charge is 0.335 e. The molecule has 1 amide bonds. The van der Waals surface area contributed by atoms with E-state index in [2.05, 4.69) is 10.5 Å². The van der Waals surface area contributed by atoms with Crippen molar-refractivity contribution in [2.45, 2.75) is 12.0 Å². The molecular formula is C25H19N3O4S. The minimum Gasteiger partial charge on any atom is -0.507 e. The van der Waals surface area contributed by atoms with Crippen LogP contribution in [0.2, 0.25) is 0 Å². The standard InChI is InChI=1S/C25H19N3O4S/c29-21-10-4-2-7-18(21)16-6-5-12-25(14-16,24(31)32)27-26-22-19-8-1-3-9-20(19)28(23(22)30)17-11-13-33-15-17/h1-13,15,27,29H,14H2,(H,31,32). The zero-order valence-corrected chi connectivity index (χ0v) is 18.1. The van der Waals surface area contributed by atoms with E-state index in [1.165, 1.54) is 17.4 Å². The van der Waals surface area contributed by atoms with Crippen molar-refractivity contribution in [3.05, 3.63) is 94.7 Å². The lowest BCUT2D eigenvalue weighted by atomic mass is 9.84. The predicted octanol–water partition coefficient (Wildman–Crippen LogP) is 4.29. The summed E-state index contributed by atoms with van der Waals surface area (Å²) in [5, 5.41) is 28.4. The van der Waals surface area contributed by atoms with Gasteiger partial charge in [0.1, 0.15) is 5.75 Å². The van der Waals surface area contributed by atoms with E-state index in [9.17, 15) is 19.8 Å². The Labute approximate surface area is 193 Å². The number of nitrogens with one attached hydrogen (secondary N) is 1. The van der Waals surface area contributed by atoms with E-state index in [1.54, 1.807) is 47.4 Å². The number of rotatable bonds is 5. The fraction of sp³-hybridized carbons (Fsp3) is 0.0800. The normalized spacial score (nSPS) is 20.6. The second-order valence-electron chi connectivity index (χ2n) is 7.73. The van der Waals surface area contributed by atoms with Crippen LogP contribution in [-0.2, 0) is 9.59 Å². The highest BCUT2D eigenvalue weighted by molar-refractivity contribution is 7.08. The molecular weight excluding hydrogens is 438 g/mol. The van der Waals surface area contributed by atoms with Crippen molar-refractivity contribution in [3.8, 4) is 5.75 Å². The third-order valence-corrected chi connectivity index (χ3v) is 6.39. The maximum atomic E-state index is 13.3. The molecule has 3 N–H and O–H groups in total. The quantitative estimate of drug-likeness (QED) is 0.496. The van der Waals surface area contributed by atoms with Gasteiger partial charge in [0.2, 0.25) is 0 Å². The van der Waals surface area contributed by atoms with Gasteiger partial charge in [0.25, 0.3) is 5.91 Å². The first-order valence-electron chi connectivity index (χ1n) is 10.2. The number of hydrazone groups is 1. The summed E-state index contributed by atoms with van der Waals surface area (Å²) in [4.78, 5) is 27.2. The molecule has 2 aromatic carbocycles. The van der Waals surface area contributed by atoms with Gasteiger partial charge in [-0.25, -0.2) is 4.79 Å². The number of hydrogen-bond acceptors (Lipinski definition) is 6. The third kappa shape index (κ3) is 3.50. The molecule has 1 aliphatic carbocycles. The van der Waals surface area contributed by atoms with E-state index in [-0.39, 0.29) is 23.8 Å². The Hall–Kier alpha value is -4.17. The van der Waals surface area contributed by atoms with Crippen LogP contribution < -0.4 is 10.3 Å². The molecule has 0 bridgehead atoms. The van der Waals surface area contributed by atoms with Crippen molar-refractivity contribution in [1.29, 1.82) is 0 Å². The van der Waals surface area contributed by atoms with Crippen LogP contribution in [0.25, 0.3) is 5.57 Å². The van der Waals surface area contributed by atoms with Crippen molar-refractivity contribution >= 4 is 45.9 Å². The number of nitrogens with zero attached hydrogens (tertiary/aromatic N) is 2. The van der Waals surface area contributed by atoms with Crippen molar-refractivity contribution < 1.29 is 19.8 Å². The summed E-state index contributed by atoms with van der Waals surface area (Å²) in [7, 11) is 0. The van der Waals surface area contributed by atoms with Gasteiger partial charge in [-0.2, -0.15) is 16.4 Å². The fourth-order valence-corrected chi connectivity index (χ4v) is 4.67. The number of carbonyl (C=O) groups excluding carboxylic acids is 1. The van der Waals surface area contributed by atoms with Gasteiger partial charge in [-0.15, -0.1) is 0 Å². The number of aromatic hydroxyl groups is 1. The molecule has 1 aliphatic heterocycles. The number of thiophene rings is 1. The Morgan fingerprint density at radius 3 is 2.58 bits per heavy atom. The average molecular weight is 458 g/mol. The van der Waals surface area contributed by atoms with Gasteiger partial charge >= 0.3 is 5.97 Å². The Morgan fingerprint density at radius 2 is 1.85 bits per heavy atom. The van der Waals surface area contributed by atoms with Gasteiger partial charge in [-0.3, -0.25) is 15.1 Å². The van der Waals surface area contributed by atoms with Crippen LogP contribution in [0.15, 0.2) is 88.7 Å². The third-order valence-electron chi connectivity index (χ3n) is 5.72. The van der Waals surface area contributed by atoms with E-state index in [0.29, 0.717) is 22.4 Å². The number of carboxylic acid groups (broad SMARTS) is 1. The Kier molecular flexibility index (Phi) is 5.07. The number of allylic oxidation sites excluding steroid dienone is 2. The molecule has 0 radical (unpaired) electrons. The summed E-state index contributed by atoms with van der Waals surface area (Å²) in [5.41, 5.74) is 4.57. The van der Waals surface area contributed by atoms with Crippen molar-refractivity contribution in [1.82, 2.24) is 5.43 Å². The lowest BCUT2D eigenvalue weighted by Crippen LogP contribution is -2.49. The Morgan fingerprint density at radius 1 is 1.09 bits per heavy atom. The van der Waals surface area contributed by atoms with Gasteiger partial charge in [-0.05, 0) is 35.2 Å². The van der Waals surface area contributed by atoms with E-state index in [4.69, 9.17) is 0 Å². The maximum Gasteiger partial charge on any atom is 0.335 e. The summed E-state index contributed by atoms with van der Waals surface area (Å²) in [6.07, 6.45) is 4.93. The zero-order valence-electron chi connectivity index (χ0n) is 17.3. The van der Waals surface area contributed by atoms with Gasteiger partial charge in [-0.1, -0.05) is 48.6 Å². The molecule has 2 heterocycles. The lowest BCUT2D eigenvalue weighted by molar-refractivity contribution is -0.142. The SMILES string of the molecule is O=C1C(=NNC2(C(=O)O)C=CC=C(c3ccccc3O)C2)c2ccccc2N1c1ccsc1. The highest BCUT2D eigenvalue weighted by atomic mass is 32.1. The van der Waals surface area contributed by atoms with E-state index in [1.807, 2.05) is 35.0 Å². The zero-order chi connectivity index (χ0) is 23.0. The van der Waals surface area contributed by atoms with Crippen molar-refractivity contribution in [2.24, 2.45) is 5.10 Å². The molecule has 33 heavy (non-hydrogen) atoms. The summed E-state index contributed by atoms with van der Waals surface area (Å²) in [6.45, 7) is 0. The molecule has 1 aromatic heterocycles. The summed E-state index contributed by atoms with van der Waals surface area (Å²) >= 11 is 1.48. The first-order chi connectivity index (χ1) is 16.0. The number of fused-ring (bicyclic) bond motifs is 1. The van der Waals surface area contributed by atoms with Crippen LogP contribution >= 0.6 is 11.3 Å². The van der Waals surface area contributed by atoms with Gasteiger partial charge in [0.05, 0.1) is 11.4 Å². The van der Waals surface area contributed by atoms with Crippen LogP contribution in [0.4, 0.5) is 11.4 Å². The monoisotopic (exact) mass is 457 g/mol. The number of aliphatic carboxylic acids is 1. The Bertz CT molecular complexity index is 1340. The minimum absolute atomic E-state index is 0.0390. The molecule has 3 aromatic rings. The molecule has 0 saturated carbocycles. The summed E-state index contributed by atoms with van der Waals surface area (Å²) in [5.74, 6) is -1.41. The topological polar surface area (TPSA) is 102 Å². The number of para-hydroxylation sites is 2. The van der Waals surface area contributed by atoms with Crippen molar-refractivity contribution in [2.75, 3.05) is 4.90 Å². The first kappa shape index (κ1) is 20.7. The van der Waals surface area contributed by atoms with Gasteiger partial charge < -0.3 is 10.2 Å². The average Bonchev–Trinajstić information content (AvgIpc) is 3.44. The van der Waals surface area contributed by atoms with Crippen LogP contribution in [0.1, 0.15) is 17.5 Å². The predicted molar refractivity (Wildman–Crippen MR) is 128 cm³/mol. The molecule has 0 spiro atoms. The molecule has 2 aliphatic rings. The first-order valence-corrected chi connectivity index (χ1v) is 11.2. The summed E-state index contributed by atoms with van der Waals surface area (Å²) in [6, 6.07) is 15.9. The van der Waals surface area contributed by atoms with E-state index >= 15 is 0 Å². The number of anilines is 2. The van der Waals surface area contributed by atoms with Crippen LogP contribution in [0.3, 0.4) is 0 Å². The number of benzene rings is 2. The molecule has 1 unspecified atom stereocenters. The molecule has 164 valence electrons. The molecule has 5 rings (SSSR count). The van der Waals surface area contributed by atoms with Crippen LogP contribution in [0.5, 0.6) is 5.75 Å². The highest BCUT2D eigenvalue weighted by Crippen LogP contribution is 2.38. The Balaban J connectivity index is 1.50. The van der Waals surface area contributed by atoms with E-state index in [0.717, 1.165) is 5.69 Å². The number of amides is 1. The number of carboxylic acids is 1. The molecule has 8 heteroatoms. The minimum atomic E-state index is -1.58. The largest absolute Gasteiger partial charge is 0.507 e. The second kappa shape index (κ2) is 8.07. The summed E-state index contributed by atoms with van der Waals surface area (Å²) < 4.78 is 0. The van der Waals surface area contributed by atoms with Gasteiger partial charge in [0, 0.05) is 22.9 Å². The number of carbonyl (C=O) groups is 2. The highest BCUT2D eigenvalue weighted by Gasteiger charge is 2.41. The molecule has 1 atom stereocenters. The molecule has 0 saturated heterocycles. The van der Waals surface area contributed by atoms with Crippen molar-refractivity contribution in [3.63, 3.8) is 0 Å². The fourth-order valence-electron chi connectivity index (χ4n) is 4.05.